The third kappa shape index (κ3) is 3.26. The molecule has 3 heterocycles. The number of rotatable bonds is 9. The smallest absolute Gasteiger partial charge is 0.353 e. The average Bonchev–Trinajstić information content (AvgIpc) is 2.74. The number of hydrogen-bond donors (Lipinski definition) is 3. The maximum atomic E-state index is 13.6. The molecule has 0 radical (unpaired) electrons. The van der Waals surface area contributed by atoms with E-state index in [1.807, 2.05) is 0 Å². The van der Waals surface area contributed by atoms with Gasteiger partial charge in [0.15, 0.2) is 5.82 Å². The number of aromatic hydroxyl groups is 1. The summed E-state index contributed by atoms with van der Waals surface area (Å²) >= 11 is 1.32. The molecule has 0 spiro atoms. The monoisotopic (exact) mass is 475 g/mol. The summed E-state index contributed by atoms with van der Waals surface area (Å²) in [7, 11) is -1.20. The highest BCUT2D eigenvalue weighted by Crippen LogP contribution is 2.52. The van der Waals surface area contributed by atoms with E-state index in [1.165, 1.54) is 23.7 Å². The maximum absolute atomic E-state index is 13.6. The molecule has 2 aliphatic rings. The largest absolute Gasteiger partial charge is 0.488 e. The standard InChI is InChI=1S/C20H25N5O5SSi/c1-5-8-32(9-6-2,10-7-3)20(21)18(30)25-13(17(28)29)12(11-31-19(20)25)14-22-15(26)16(27)23-24(14)4/h5-7,19H,1-3,8-11,21H2,4H3,(H,23,27)(H,28,29)/t19-,20?/m0/s1. The summed E-state index contributed by atoms with van der Waals surface area (Å²) in [5.41, 5.74) is 5.72. The lowest BCUT2D eigenvalue weighted by Crippen LogP contribution is -2.87. The Kier molecular flexibility index (Phi) is 6.31. The Morgan fingerprint density at radius 3 is 2.34 bits per heavy atom. The van der Waals surface area contributed by atoms with Gasteiger partial charge in [-0.3, -0.25) is 14.5 Å². The van der Waals surface area contributed by atoms with E-state index in [4.69, 9.17) is 5.73 Å². The van der Waals surface area contributed by atoms with E-state index in [2.05, 4.69) is 29.8 Å². The van der Waals surface area contributed by atoms with E-state index in [9.17, 15) is 24.6 Å². The van der Waals surface area contributed by atoms with Crippen LogP contribution in [0.1, 0.15) is 5.82 Å². The molecule has 2 aliphatic heterocycles. The Bertz CT molecular complexity index is 1090. The van der Waals surface area contributed by atoms with Gasteiger partial charge in [0.2, 0.25) is 5.91 Å². The second-order valence-corrected chi connectivity index (χ2v) is 13.5. The predicted molar refractivity (Wildman–Crippen MR) is 124 cm³/mol. The number of thioether (sulfide) groups is 1. The molecule has 1 amide bonds. The van der Waals surface area contributed by atoms with Crippen LogP contribution in [-0.4, -0.2) is 66.1 Å². The van der Waals surface area contributed by atoms with Gasteiger partial charge in [-0.05, 0) is 18.1 Å². The van der Waals surface area contributed by atoms with Crippen LogP contribution in [0.25, 0.3) is 5.57 Å². The lowest BCUT2D eigenvalue weighted by Gasteiger charge is -2.62. The minimum atomic E-state index is -2.62. The first-order chi connectivity index (χ1) is 15.1. The van der Waals surface area contributed by atoms with Gasteiger partial charge in [0.25, 0.3) is 5.88 Å². The molecule has 32 heavy (non-hydrogen) atoms. The summed E-state index contributed by atoms with van der Waals surface area (Å²) in [4.78, 5) is 42.6. The third-order valence-corrected chi connectivity index (χ3v) is 13.0. The van der Waals surface area contributed by atoms with Gasteiger partial charge >= 0.3 is 11.5 Å². The number of nitrogens with zero attached hydrogens (tertiary/aromatic N) is 4. The lowest BCUT2D eigenvalue weighted by molar-refractivity contribution is -0.150. The van der Waals surface area contributed by atoms with Gasteiger partial charge in [-0.15, -0.1) is 36.6 Å². The fourth-order valence-corrected chi connectivity index (χ4v) is 11.2. The number of aryl methyl sites for hydroxylation is 1. The number of allylic oxidation sites excluding steroid dienone is 3. The molecule has 3 rings (SSSR count). The molecule has 2 atom stereocenters. The molecule has 170 valence electrons. The number of β-lactam (4-membered cyclic amide) rings is 1. The summed E-state index contributed by atoms with van der Waals surface area (Å²) in [6.45, 7) is 11.5. The molecule has 0 saturated carbocycles. The van der Waals surface area contributed by atoms with Crippen molar-refractivity contribution >= 4 is 37.3 Å². The quantitative estimate of drug-likeness (QED) is 0.268. The van der Waals surface area contributed by atoms with Crippen molar-refractivity contribution < 1.29 is 19.8 Å². The molecule has 1 aromatic heterocycles. The fraction of sp³-hybridized carbons (Fsp3) is 0.350. The SMILES string of the molecule is C=CC[Si](CC=C)(CC=C)C1(N)C(=O)N2C(C(=O)O)=C(c3nc(=O)c(O)nn3C)CS[C@H]21. The summed E-state index contributed by atoms with van der Waals surface area (Å²) < 4.78 is 1.11. The van der Waals surface area contributed by atoms with Gasteiger partial charge in [0.1, 0.15) is 24.3 Å². The summed E-state index contributed by atoms with van der Waals surface area (Å²) in [6, 6.07) is 1.65. The Morgan fingerprint density at radius 1 is 1.28 bits per heavy atom. The lowest BCUT2D eigenvalue weighted by atomic mass is 10.0. The van der Waals surface area contributed by atoms with Gasteiger partial charge in [-0.2, -0.15) is 4.98 Å². The minimum Gasteiger partial charge on any atom is -0.488 e. The van der Waals surface area contributed by atoms with Crippen LogP contribution in [0.2, 0.25) is 18.1 Å². The molecule has 12 heteroatoms. The molecule has 1 aromatic rings. The normalized spacial score (nSPS) is 22.8. The summed E-state index contributed by atoms with van der Waals surface area (Å²) in [5, 5.41) is 21.3. The van der Waals surface area contributed by atoms with E-state index in [1.54, 1.807) is 18.2 Å². The van der Waals surface area contributed by atoms with Crippen LogP contribution in [0, 0.1) is 0 Å². The zero-order chi connectivity index (χ0) is 23.8. The molecule has 10 nitrogen and oxygen atoms in total. The van der Waals surface area contributed by atoms with Crippen LogP contribution in [0.5, 0.6) is 5.88 Å². The number of carboxylic acid groups (broad SMARTS) is 1. The van der Waals surface area contributed by atoms with Crippen LogP contribution in [-0.2, 0) is 16.6 Å². The first-order valence-electron chi connectivity index (χ1n) is 9.77. The zero-order valence-electron chi connectivity index (χ0n) is 17.7. The highest BCUT2D eigenvalue weighted by atomic mass is 32.2. The van der Waals surface area contributed by atoms with Crippen molar-refractivity contribution in [3.05, 3.63) is 59.8 Å². The van der Waals surface area contributed by atoms with Gasteiger partial charge in [-0.25, -0.2) is 9.48 Å². The first kappa shape index (κ1) is 23.7. The number of carboxylic acids is 1. The van der Waals surface area contributed by atoms with Crippen molar-refractivity contribution in [2.24, 2.45) is 12.8 Å². The van der Waals surface area contributed by atoms with Crippen LogP contribution >= 0.6 is 11.8 Å². The average molecular weight is 476 g/mol. The Hall–Kier alpha value is -2.96. The molecule has 0 bridgehead atoms. The van der Waals surface area contributed by atoms with Crippen molar-refractivity contribution in [1.82, 2.24) is 19.7 Å². The molecule has 1 fully saturated rings. The van der Waals surface area contributed by atoms with E-state index in [-0.39, 0.29) is 22.8 Å². The number of aliphatic carboxylic acids is 1. The van der Waals surface area contributed by atoms with Crippen molar-refractivity contribution in [2.45, 2.75) is 28.7 Å². The fourth-order valence-electron chi connectivity index (χ4n) is 4.54. The van der Waals surface area contributed by atoms with E-state index < -0.39 is 41.9 Å². The Balaban J connectivity index is 2.17. The van der Waals surface area contributed by atoms with E-state index >= 15 is 0 Å². The highest BCUT2D eigenvalue weighted by molar-refractivity contribution is 8.00. The van der Waals surface area contributed by atoms with Gasteiger partial charge < -0.3 is 15.9 Å². The van der Waals surface area contributed by atoms with Crippen molar-refractivity contribution in [3.8, 4) is 5.88 Å². The van der Waals surface area contributed by atoms with Gasteiger partial charge in [-0.1, -0.05) is 18.2 Å². The van der Waals surface area contributed by atoms with E-state index in [0.29, 0.717) is 18.1 Å². The number of nitrogens with two attached hydrogens (primary N) is 1. The molecule has 0 aromatic carbocycles. The van der Waals surface area contributed by atoms with Crippen LogP contribution < -0.4 is 11.3 Å². The highest BCUT2D eigenvalue weighted by Gasteiger charge is 2.70. The van der Waals surface area contributed by atoms with Crippen LogP contribution in [0.15, 0.2) is 48.5 Å². The molecule has 0 aliphatic carbocycles. The second kappa shape index (κ2) is 8.52. The topological polar surface area (TPSA) is 152 Å². The number of fused-ring (bicyclic) bond motifs is 1. The van der Waals surface area contributed by atoms with Crippen LogP contribution in [0.3, 0.4) is 0 Å². The predicted octanol–water partition coefficient (Wildman–Crippen LogP) is 0.835. The summed E-state index contributed by atoms with van der Waals surface area (Å²) in [6.07, 6.45) is 5.25. The van der Waals surface area contributed by atoms with Crippen LogP contribution in [0.4, 0.5) is 0 Å². The molecule has 4 N–H and O–H groups in total. The first-order valence-corrected chi connectivity index (χ1v) is 13.4. The summed E-state index contributed by atoms with van der Waals surface area (Å²) in [5.74, 6) is -2.52. The van der Waals surface area contributed by atoms with Gasteiger partial charge in [0, 0.05) is 18.4 Å². The number of amides is 1. The zero-order valence-corrected chi connectivity index (χ0v) is 19.5. The molecule has 1 saturated heterocycles. The Morgan fingerprint density at radius 2 is 1.84 bits per heavy atom. The molecular formula is C20H25N5O5SSi. The molecular weight excluding hydrogens is 450 g/mol. The van der Waals surface area contributed by atoms with Crippen molar-refractivity contribution in [1.29, 1.82) is 0 Å². The minimum absolute atomic E-state index is 0.0368. The molecule has 1 unspecified atom stereocenters. The number of aromatic nitrogens is 3. The van der Waals surface area contributed by atoms with E-state index in [0.717, 1.165) is 4.68 Å². The van der Waals surface area contributed by atoms with Crippen molar-refractivity contribution in [3.63, 3.8) is 0 Å². The number of hydrogen-bond acceptors (Lipinski definition) is 8. The second-order valence-electron chi connectivity index (χ2n) is 7.79. The maximum Gasteiger partial charge on any atom is 0.353 e. The number of carbonyl (C=O) groups is 2. The number of carbonyl (C=O) groups excluding carboxylic acids is 1. The Labute approximate surface area is 189 Å². The van der Waals surface area contributed by atoms with Crippen molar-refractivity contribution in [2.75, 3.05) is 5.75 Å². The van der Waals surface area contributed by atoms with Gasteiger partial charge in [0.05, 0.1) is 0 Å². The third-order valence-electron chi connectivity index (χ3n) is 6.01.